The molecule has 0 N–H and O–H groups in total. The number of esters is 1. The SMILES string of the molecule is COC(=O)[C@]12CC[C@@H](C(C)C)[C@@H]1[C@H]1CC[C@@H]3[C@@]4(C)[C@H]5O[C@H]5C(=O)C(C)(C)[C@@H]4CC[C@@]3(C)[C@]1(C)CC2. The van der Waals surface area contributed by atoms with Crippen molar-refractivity contribution in [3.8, 4) is 0 Å². The molecule has 5 aliphatic carbocycles. The van der Waals surface area contributed by atoms with Gasteiger partial charge in [0, 0.05) is 10.8 Å². The van der Waals surface area contributed by atoms with E-state index in [9.17, 15) is 9.59 Å². The molecule has 6 aliphatic rings. The fraction of sp³-hybridized carbons (Fsp3) is 0.935. The van der Waals surface area contributed by atoms with E-state index >= 15 is 0 Å². The number of hydrogen-bond donors (Lipinski definition) is 0. The van der Waals surface area contributed by atoms with Crippen LogP contribution in [0.3, 0.4) is 0 Å². The number of ketones is 1. The molecule has 0 bridgehead atoms. The summed E-state index contributed by atoms with van der Waals surface area (Å²) in [6.07, 6.45) is 8.96. The maximum Gasteiger partial charge on any atom is 0.312 e. The molecule has 4 nitrogen and oxygen atoms in total. The summed E-state index contributed by atoms with van der Waals surface area (Å²) in [6, 6.07) is 0. The first kappa shape index (κ1) is 24.4. The third-order valence-electron chi connectivity index (χ3n) is 14.0. The van der Waals surface area contributed by atoms with Crippen LogP contribution in [-0.2, 0) is 19.1 Å². The Kier molecular flexibility index (Phi) is 4.99. The largest absolute Gasteiger partial charge is 0.469 e. The Bertz CT molecular complexity index is 954. The van der Waals surface area contributed by atoms with Crippen molar-refractivity contribution in [1.29, 1.82) is 0 Å². The Labute approximate surface area is 212 Å². The van der Waals surface area contributed by atoms with Crippen LogP contribution < -0.4 is 0 Å². The van der Waals surface area contributed by atoms with E-state index < -0.39 is 0 Å². The van der Waals surface area contributed by atoms with Crippen molar-refractivity contribution >= 4 is 11.8 Å². The summed E-state index contributed by atoms with van der Waals surface area (Å²) >= 11 is 0. The molecule has 4 heteroatoms. The van der Waals surface area contributed by atoms with Gasteiger partial charge in [0.05, 0.1) is 18.6 Å². The molecular weight excluding hydrogens is 436 g/mol. The summed E-state index contributed by atoms with van der Waals surface area (Å²) < 4.78 is 11.7. The summed E-state index contributed by atoms with van der Waals surface area (Å²) in [6.45, 7) is 16.8. The number of methoxy groups -OCH3 is 1. The van der Waals surface area contributed by atoms with Gasteiger partial charge in [0.1, 0.15) is 6.10 Å². The van der Waals surface area contributed by atoms with Crippen molar-refractivity contribution in [2.45, 2.75) is 112 Å². The topological polar surface area (TPSA) is 55.9 Å². The number of fused-ring (bicyclic) bond motifs is 9. The lowest BCUT2D eigenvalue weighted by molar-refractivity contribution is -0.236. The quantitative estimate of drug-likeness (QED) is 0.334. The van der Waals surface area contributed by atoms with E-state index in [-0.39, 0.29) is 45.3 Å². The van der Waals surface area contributed by atoms with Crippen LogP contribution in [0, 0.1) is 62.6 Å². The lowest BCUT2D eigenvalue weighted by Gasteiger charge is -2.71. The average molecular weight is 485 g/mol. The van der Waals surface area contributed by atoms with Crippen LogP contribution in [-0.4, -0.2) is 31.1 Å². The molecule has 196 valence electrons. The van der Waals surface area contributed by atoms with Gasteiger partial charge in [-0.05, 0) is 97.7 Å². The Balaban J connectivity index is 1.42. The fourth-order valence-corrected chi connectivity index (χ4v) is 12.1. The molecule has 11 atom stereocenters. The third kappa shape index (κ3) is 2.64. The maximum absolute atomic E-state index is 13.4. The Hall–Kier alpha value is -0.900. The summed E-state index contributed by atoms with van der Waals surface area (Å²) in [7, 11) is 1.60. The number of carbonyl (C=O) groups excluding carboxylic acids is 2. The van der Waals surface area contributed by atoms with Crippen molar-refractivity contribution < 1.29 is 19.1 Å². The molecule has 0 amide bonds. The zero-order valence-electron chi connectivity index (χ0n) is 23.4. The molecule has 0 aromatic carbocycles. The second-order valence-electron chi connectivity index (χ2n) is 15.2. The van der Waals surface area contributed by atoms with Crippen LogP contribution in [0.1, 0.15) is 99.8 Å². The highest BCUT2D eigenvalue weighted by Gasteiger charge is 2.77. The van der Waals surface area contributed by atoms with E-state index in [1.165, 1.54) is 19.3 Å². The van der Waals surface area contributed by atoms with Crippen LogP contribution in [0.2, 0.25) is 0 Å². The van der Waals surface area contributed by atoms with E-state index in [1.807, 2.05) is 0 Å². The molecule has 1 aliphatic heterocycles. The van der Waals surface area contributed by atoms with Gasteiger partial charge in [-0.3, -0.25) is 9.59 Å². The van der Waals surface area contributed by atoms with Crippen LogP contribution in [0.5, 0.6) is 0 Å². The first-order valence-electron chi connectivity index (χ1n) is 14.6. The minimum Gasteiger partial charge on any atom is -0.469 e. The highest BCUT2D eigenvalue weighted by molar-refractivity contribution is 5.92. The molecule has 0 aromatic heterocycles. The van der Waals surface area contributed by atoms with Crippen LogP contribution >= 0.6 is 0 Å². The van der Waals surface area contributed by atoms with Gasteiger partial charge in [-0.1, -0.05) is 48.5 Å². The molecule has 1 heterocycles. The van der Waals surface area contributed by atoms with E-state index in [0.29, 0.717) is 41.3 Å². The van der Waals surface area contributed by atoms with E-state index in [0.717, 1.165) is 32.1 Å². The van der Waals surface area contributed by atoms with E-state index in [2.05, 4.69) is 48.5 Å². The molecule has 0 unspecified atom stereocenters. The Morgan fingerprint density at radius 1 is 0.914 bits per heavy atom. The number of epoxide rings is 1. The van der Waals surface area contributed by atoms with Gasteiger partial charge in [0.15, 0.2) is 5.78 Å². The zero-order chi connectivity index (χ0) is 25.3. The van der Waals surface area contributed by atoms with E-state index in [1.54, 1.807) is 7.11 Å². The lowest BCUT2D eigenvalue weighted by Crippen LogP contribution is -2.68. The summed E-state index contributed by atoms with van der Waals surface area (Å²) in [5, 5.41) is 0. The highest BCUT2D eigenvalue weighted by Crippen LogP contribution is 2.78. The van der Waals surface area contributed by atoms with Gasteiger partial charge in [-0.2, -0.15) is 0 Å². The second kappa shape index (κ2) is 7.14. The van der Waals surface area contributed by atoms with Gasteiger partial charge in [0.2, 0.25) is 0 Å². The normalized spacial score (nSPS) is 55.8. The van der Waals surface area contributed by atoms with Crippen LogP contribution in [0.15, 0.2) is 0 Å². The molecule has 1 saturated heterocycles. The number of hydrogen-bond acceptors (Lipinski definition) is 4. The number of rotatable bonds is 2. The number of ether oxygens (including phenoxy) is 2. The minimum absolute atomic E-state index is 0.0626. The van der Waals surface area contributed by atoms with Gasteiger partial charge >= 0.3 is 5.97 Å². The summed E-state index contributed by atoms with van der Waals surface area (Å²) in [5.41, 5.74) is -0.0957. The molecule has 0 radical (unpaired) electrons. The molecule has 6 rings (SSSR count). The van der Waals surface area contributed by atoms with Crippen LogP contribution in [0.4, 0.5) is 0 Å². The van der Waals surface area contributed by atoms with Crippen molar-refractivity contribution in [3.63, 3.8) is 0 Å². The fourth-order valence-electron chi connectivity index (χ4n) is 12.1. The monoisotopic (exact) mass is 484 g/mol. The smallest absolute Gasteiger partial charge is 0.312 e. The summed E-state index contributed by atoms with van der Waals surface area (Å²) in [4.78, 5) is 26.6. The lowest BCUT2D eigenvalue weighted by atomic mass is 9.32. The predicted octanol–water partition coefficient (Wildman–Crippen LogP) is 6.45. The minimum atomic E-state index is -0.299. The van der Waals surface area contributed by atoms with Crippen LogP contribution in [0.25, 0.3) is 0 Å². The van der Waals surface area contributed by atoms with Crippen molar-refractivity contribution in [2.24, 2.45) is 62.6 Å². The summed E-state index contributed by atoms with van der Waals surface area (Å²) in [5.74, 6) is 3.59. The number of carbonyl (C=O) groups is 2. The second-order valence-corrected chi connectivity index (χ2v) is 15.2. The molecule has 0 spiro atoms. The predicted molar refractivity (Wildman–Crippen MR) is 135 cm³/mol. The molecule has 5 saturated carbocycles. The third-order valence-corrected chi connectivity index (χ3v) is 14.0. The molecule has 0 aromatic rings. The maximum atomic E-state index is 13.4. The van der Waals surface area contributed by atoms with Gasteiger partial charge in [-0.15, -0.1) is 0 Å². The zero-order valence-corrected chi connectivity index (χ0v) is 23.4. The van der Waals surface area contributed by atoms with Crippen molar-refractivity contribution in [2.75, 3.05) is 7.11 Å². The van der Waals surface area contributed by atoms with Gasteiger partial charge in [0.25, 0.3) is 0 Å². The first-order chi connectivity index (χ1) is 16.3. The average Bonchev–Trinajstić information content (AvgIpc) is 3.51. The standard InChI is InChI=1S/C31H48O4/c1-17(2)18-11-14-31(26(33)34-8)16-15-28(5)19(22(18)31)9-10-21-29(28,6)13-12-20-27(3,4)24(32)23-25(35-23)30(20,21)7/h17-23,25H,9-16H2,1-8H3/t18-,19+,20-,21-,22+,23-,25-,28+,29+,30-,31-/m0/s1. The van der Waals surface area contributed by atoms with Gasteiger partial charge in [-0.25, -0.2) is 0 Å². The Morgan fingerprint density at radius 3 is 2.29 bits per heavy atom. The number of Topliss-reactive ketones (excluding diaryl/α,β-unsaturated/α-hetero) is 1. The molecular formula is C31H48O4. The molecule has 35 heavy (non-hydrogen) atoms. The van der Waals surface area contributed by atoms with E-state index in [4.69, 9.17) is 9.47 Å². The molecule has 6 fully saturated rings. The van der Waals surface area contributed by atoms with Gasteiger partial charge < -0.3 is 9.47 Å². The van der Waals surface area contributed by atoms with Crippen molar-refractivity contribution in [3.05, 3.63) is 0 Å². The highest BCUT2D eigenvalue weighted by atomic mass is 16.6. The van der Waals surface area contributed by atoms with Crippen molar-refractivity contribution in [1.82, 2.24) is 0 Å². The Morgan fingerprint density at radius 2 is 1.63 bits per heavy atom. The first-order valence-corrected chi connectivity index (χ1v) is 14.6.